The molecule has 0 unspecified atom stereocenters. The van der Waals surface area contributed by atoms with Gasteiger partial charge in [-0.2, -0.15) is 4.31 Å². The molecule has 0 aromatic heterocycles. The van der Waals surface area contributed by atoms with Crippen molar-refractivity contribution in [3.8, 4) is 11.5 Å². The maximum absolute atomic E-state index is 14.3. The van der Waals surface area contributed by atoms with E-state index in [2.05, 4.69) is 5.32 Å². The Labute approximate surface area is 203 Å². The van der Waals surface area contributed by atoms with Gasteiger partial charge in [-0.3, -0.25) is 4.79 Å². The Morgan fingerprint density at radius 3 is 2.18 bits per heavy atom. The van der Waals surface area contributed by atoms with Gasteiger partial charge in [0, 0.05) is 17.1 Å². The van der Waals surface area contributed by atoms with E-state index in [-0.39, 0.29) is 23.5 Å². The van der Waals surface area contributed by atoms with Crippen LogP contribution in [0.15, 0.2) is 71.6 Å². The Hall–Kier alpha value is -3.14. The van der Waals surface area contributed by atoms with Gasteiger partial charge < -0.3 is 14.8 Å². The van der Waals surface area contributed by atoms with E-state index in [1.807, 2.05) is 0 Å². The van der Waals surface area contributed by atoms with Crippen LogP contribution in [0.5, 0.6) is 11.5 Å². The van der Waals surface area contributed by atoms with Crippen LogP contribution in [0, 0.1) is 5.82 Å². The normalized spacial score (nSPS) is 11.3. The number of nitrogens with zero attached hydrogens (tertiary/aromatic N) is 1. The maximum atomic E-state index is 14.3. The van der Waals surface area contributed by atoms with E-state index in [0.29, 0.717) is 22.1 Å². The quantitative estimate of drug-likeness (QED) is 0.449. The zero-order valence-electron chi connectivity index (χ0n) is 18.6. The predicted octanol–water partition coefficient (Wildman–Crippen LogP) is 4.00. The second-order valence-electron chi connectivity index (χ2n) is 7.24. The van der Waals surface area contributed by atoms with Gasteiger partial charge in [0.25, 0.3) is 0 Å². The van der Waals surface area contributed by atoms with Crippen molar-refractivity contribution in [2.45, 2.75) is 18.0 Å². The van der Waals surface area contributed by atoms with E-state index in [4.69, 9.17) is 21.1 Å². The molecule has 0 fully saturated rings. The van der Waals surface area contributed by atoms with Gasteiger partial charge in [0.15, 0.2) is 0 Å². The predicted molar refractivity (Wildman–Crippen MR) is 127 cm³/mol. The molecule has 0 aliphatic rings. The molecule has 3 aromatic carbocycles. The Morgan fingerprint density at radius 2 is 1.59 bits per heavy atom. The molecule has 34 heavy (non-hydrogen) atoms. The lowest BCUT2D eigenvalue weighted by Gasteiger charge is -2.22. The standard InChI is InChI=1S/C24H24ClFN2O5S/c1-32-22-8-5-9-23(33-2)20(22)14-27-24(29)16-28(15-17-6-3-4-7-21(17)26)34(30,31)19-12-10-18(25)11-13-19/h3-13H,14-16H2,1-2H3,(H,27,29). The number of rotatable bonds is 10. The highest BCUT2D eigenvalue weighted by Crippen LogP contribution is 2.28. The molecule has 0 saturated carbocycles. The molecule has 0 aliphatic heterocycles. The molecule has 0 saturated heterocycles. The molecule has 10 heteroatoms. The van der Waals surface area contributed by atoms with Gasteiger partial charge in [0.1, 0.15) is 17.3 Å². The lowest BCUT2D eigenvalue weighted by atomic mass is 10.1. The third-order valence-corrected chi connectivity index (χ3v) is 7.13. The molecule has 7 nitrogen and oxygen atoms in total. The summed E-state index contributed by atoms with van der Waals surface area (Å²) in [7, 11) is -1.15. The summed E-state index contributed by atoms with van der Waals surface area (Å²) in [4.78, 5) is 12.8. The number of halogens is 2. The van der Waals surface area contributed by atoms with Crippen molar-refractivity contribution in [3.63, 3.8) is 0 Å². The second-order valence-corrected chi connectivity index (χ2v) is 9.61. The van der Waals surface area contributed by atoms with E-state index < -0.39 is 28.3 Å². The van der Waals surface area contributed by atoms with Gasteiger partial charge >= 0.3 is 0 Å². The number of carbonyl (C=O) groups excluding carboxylic acids is 1. The molecule has 0 heterocycles. The van der Waals surface area contributed by atoms with E-state index in [1.54, 1.807) is 24.3 Å². The fourth-order valence-corrected chi connectivity index (χ4v) is 4.80. The number of benzene rings is 3. The first-order chi connectivity index (χ1) is 16.3. The number of amides is 1. The molecule has 0 bridgehead atoms. The van der Waals surface area contributed by atoms with Crippen molar-refractivity contribution in [2.24, 2.45) is 0 Å². The topological polar surface area (TPSA) is 84.9 Å². The van der Waals surface area contributed by atoms with Crippen LogP contribution in [0.2, 0.25) is 5.02 Å². The summed E-state index contributed by atoms with van der Waals surface area (Å²) in [5.41, 5.74) is 0.737. The summed E-state index contributed by atoms with van der Waals surface area (Å²) >= 11 is 5.88. The third kappa shape index (κ3) is 6.05. The number of hydrogen-bond acceptors (Lipinski definition) is 5. The minimum absolute atomic E-state index is 0.0422. The summed E-state index contributed by atoms with van der Waals surface area (Å²) in [6, 6.07) is 16.5. The monoisotopic (exact) mass is 506 g/mol. The third-order valence-electron chi connectivity index (χ3n) is 5.07. The Bertz CT molecular complexity index is 1230. The van der Waals surface area contributed by atoms with Gasteiger partial charge in [-0.25, -0.2) is 12.8 Å². The first-order valence-electron chi connectivity index (χ1n) is 10.2. The Balaban J connectivity index is 1.85. The molecule has 1 N–H and O–H groups in total. The van der Waals surface area contributed by atoms with E-state index in [1.165, 1.54) is 56.7 Å². The molecule has 0 atom stereocenters. The number of carbonyl (C=O) groups is 1. The molecule has 3 rings (SSSR count). The summed E-state index contributed by atoms with van der Waals surface area (Å²) in [6.07, 6.45) is 0. The first-order valence-corrected chi connectivity index (χ1v) is 12.0. The van der Waals surface area contributed by atoms with Gasteiger partial charge in [0.2, 0.25) is 15.9 Å². The largest absolute Gasteiger partial charge is 0.496 e. The number of methoxy groups -OCH3 is 2. The van der Waals surface area contributed by atoms with E-state index in [9.17, 15) is 17.6 Å². The average molecular weight is 507 g/mol. The summed E-state index contributed by atoms with van der Waals surface area (Å²) in [5.74, 6) is -0.131. The summed E-state index contributed by atoms with van der Waals surface area (Å²) in [6.45, 7) is -0.819. The lowest BCUT2D eigenvalue weighted by Crippen LogP contribution is -2.40. The zero-order valence-corrected chi connectivity index (χ0v) is 20.2. The molecule has 180 valence electrons. The molecule has 1 amide bonds. The Kier molecular flexibility index (Phi) is 8.49. The number of nitrogens with one attached hydrogen (secondary N) is 1. The molecular weight excluding hydrogens is 483 g/mol. The van der Waals surface area contributed by atoms with E-state index >= 15 is 0 Å². The van der Waals surface area contributed by atoms with Gasteiger partial charge in [-0.15, -0.1) is 0 Å². The summed E-state index contributed by atoms with van der Waals surface area (Å²) < 4.78 is 52.5. The fourth-order valence-electron chi connectivity index (χ4n) is 3.30. The highest BCUT2D eigenvalue weighted by Gasteiger charge is 2.28. The lowest BCUT2D eigenvalue weighted by molar-refractivity contribution is -0.121. The van der Waals surface area contributed by atoms with Gasteiger partial charge in [-0.1, -0.05) is 35.9 Å². The Morgan fingerprint density at radius 1 is 0.971 bits per heavy atom. The first kappa shape index (κ1) is 25.5. The van der Waals surface area contributed by atoms with Crippen LogP contribution in [0.25, 0.3) is 0 Å². The van der Waals surface area contributed by atoms with Crippen molar-refractivity contribution in [3.05, 3.63) is 88.7 Å². The molecule has 0 radical (unpaired) electrons. The fraction of sp³-hybridized carbons (Fsp3) is 0.208. The number of ether oxygens (including phenoxy) is 2. The van der Waals surface area contributed by atoms with Crippen LogP contribution in [0.3, 0.4) is 0 Å². The van der Waals surface area contributed by atoms with E-state index in [0.717, 1.165) is 4.31 Å². The smallest absolute Gasteiger partial charge is 0.243 e. The highest BCUT2D eigenvalue weighted by molar-refractivity contribution is 7.89. The van der Waals surface area contributed by atoms with Crippen molar-refractivity contribution in [1.82, 2.24) is 9.62 Å². The molecular formula is C24H24ClFN2O5S. The second kappa shape index (κ2) is 11.3. The SMILES string of the molecule is COc1cccc(OC)c1CNC(=O)CN(Cc1ccccc1F)S(=O)(=O)c1ccc(Cl)cc1. The van der Waals surface area contributed by atoms with Crippen LogP contribution in [0.4, 0.5) is 4.39 Å². The molecule has 0 spiro atoms. The maximum Gasteiger partial charge on any atom is 0.243 e. The van der Waals surface area contributed by atoms with Crippen molar-refractivity contribution in [1.29, 1.82) is 0 Å². The number of hydrogen-bond donors (Lipinski definition) is 1. The van der Waals surface area contributed by atoms with Crippen LogP contribution < -0.4 is 14.8 Å². The van der Waals surface area contributed by atoms with Crippen molar-refractivity contribution < 1.29 is 27.1 Å². The van der Waals surface area contributed by atoms with Gasteiger partial charge in [0.05, 0.1) is 37.8 Å². The van der Waals surface area contributed by atoms with Crippen molar-refractivity contribution in [2.75, 3.05) is 20.8 Å². The zero-order chi connectivity index (χ0) is 24.7. The van der Waals surface area contributed by atoms with Crippen LogP contribution in [-0.2, 0) is 27.9 Å². The summed E-state index contributed by atoms with van der Waals surface area (Å²) in [5, 5.41) is 3.06. The highest BCUT2D eigenvalue weighted by atomic mass is 35.5. The minimum atomic E-state index is -4.14. The molecule has 0 aliphatic carbocycles. The number of sulfonamides is 1. The minimum Gasteiger partial charge on any atom is -0.496 e. The molecule has 3 aromatic rings. The van der Waals surface area contributed by atoms with Gasteiger partial charge in [-0.05, 0) is 42.5 Å². The average Bonchev–Trinajstić information content (AvgIpc) is 2.83. The van der Waals surface area contributed by atoms with Crippen LogP contribution >= 0.6 is 11.6 Å². The van der Waals surface area contributed by atoms with Crippen molar-refractivity contribution >= 4 is 27.5 Å². The van der Waals surface area contributed by atoms with Crippen LogP contribution in [0.1, 0.15) is 11.1 Å². The van der Waals surface area contributed by atoms with Crippen LogP contribution in [-0.4, -0.2) is 39.4 Å².